The maximum atomic E-state index is 12.8. The Labute approximate surface area is 155 Å². The van der Waals surface area contributed by atoms with Gasteiger partial charge in [-0.25, -0.2) is 0 Å². The van der Waals surface area contributed by atoms with E-state index in [2.05, 4.69) is 4.98 Å². The molecule has 0 N–H and O–H groups in total. The molecule has 0 radical (unpaired) electrons. The molecule has 0 fully saturated rings. The van der Waals surface area contributed by atoms with E-state index in [1.807, 2.05) is 6.07 Å². The van der Waals surface area contributed by atoms with Gasteiger partial charge in [0.1, 0.15) is 6.07 Å². The van der Waals surface area contributed by atoms with Gasteiger partial charge in [-0.2, -0.15) is 18.4 Å². The van der Waals surface area contributed by atoms with Crippen LogP contribution in [0, 0.1) is 22.7 Å². The third kappa shape index (κ3) is 4.73. The first-order valence-corrected chi connectivity index (χ1v) is 8.40. The van der Waals surface area contributed by atoms with Crippen LogP contribution in [-0.2, 0) is 11.0 Å². The fourth-order valence-corrected chi connectivity index (χ4v) is 3.15. The molecule has 1 aliphatic carbocycles. The average molecular weight is 379 g/mol. The second kappa shape index (κ2) is 7.51. The molecule has 0 bridgehead atoms. The Morgan fingerprint density at radius 1 is 1.41 bits per heavy atom. The van der Waals surface area contributed by atoms with Crippen LogP contribution in [0.3, 0.4) is 0 Å². The van der Waals surface area contributed by atoms with E-state index in [0.717, 1.165) is 12.3 Å². The first kappa shape index (κ1) is 20.6. The minimum absolute atomic E-state index is 0.0674. The SMILES string of the molecule is CN(CCC1C=C(C#N)C(=O)C(C)(C)C1)C(=O)c1cncc(C(F)(F)F)c1. The number of aromatic nitrogens is 1. The van der Waals surface area contributed by atoms with E-state index in [-0.39, 0.29) is 29.4 Å². The van der Waals surface area contributed by atoms with Crippen molar-refractivity contribution in [3.63, 3.8) is 0 Å². The molecule has 27 heavy (non-hydrogen) atoms. The van der Waals surface area contributed by atoms with Crippen LogP contribution in [0.4, 0.5) is 13.2 Å². The summed E-state index contributed by atoms with van der Waals surface area (Å²) in [5.41, 5.74) is -1.65. The van der Waals surface area contributed by atoms with E-state index in [1.54, 1.807) is 19.9 Å². The van der Waals surface area contributed by atoms with E-state index in [4.69, 9.17) is 5.26 Å². The molecule has 1 aromatic heterocycles. The summed E-state index contributed by atoms with van der Waals surface area (Å²) in [4.78, 5) is 29.3. The molecule has 1 atom stereocenters. The second-order valence-corrected chi connectivity index (χ2v) is 7.34. The first-order chi connectivity index (χ1) is 12.5. The van der Waals surface area contributed by atoms with Crippen molar-refractivity contribution in [3.05, 3.63) is 41.2 Å². The van der Waals surface area contributed by atoms with Gasteiger partial charge in [-0.1, -0.05) is 19.9 Å². The highest BCUT2D eigenvalue weighted by molar-refractivity contribution is 6.03. The largest absolute Gasteiger partial charge is 0.417 e. The molecule has 0 saturated heterocycles. The van der Waals surface area contributed by atoms with Crippen LogP contribution >= 0.6 is 0 Å². The van der Waals surface area contributed by atoms with Crippen molar-refractivity contribution in [1.82, 2.24) is 9.88 Å². The normalized spacial score (nSPS) is 19.2. The second-order valence-electron chi connectivity index (χ2n) is 7.34. The van der Waals surface area contributed by atoms with Gasteiger partial charge in [-0.05, 0) is 24.8 Å². The van der Waals surface area contributed by atoms with E-state index in [1.165, 1.54) is 11.9 Å². The van der Waals surface area contributed by atoms with Crippen molar-refractivity contribution in [2.45, 2.75) is 32.9 Å². The molecule has 0 aromatic carbocycles. The molecule has 2 rings (SSSR count). The highest BCUT2D eigenvalue weighted by Crippen LogP contribution is 2.36. The Bertz CT molecular complexity index is 822. The van der Waals surface area contributed by atoms with Gasteiger partial charge in [-0.3, -0.25) is 14.6 Å². The number of carbonyl (C=O) groups excluding carboxylic acids is 2. The Balaban J connectivity index is 2.07. The van der Waals surface area contributed by atoms with Crippen molar-refractivity contribution in [3.8, 4) is 6.07 Å². The zero-order valence-corrected chi connectivity index (χ0v) is 15.3. The predicted molar refractivity (Wildman–Crippen MR) is 91.4 cm³/mol. The minimum Gasteiger partial charge on any atom is -0.342 e. The number of ketones is 1. The zero-order valence-electron chi connectivity index (χ0n) is 15.3. The van der Waals surface area contributed by atoms with Crippen LogP contribution in [0.25, 0.3) is 0 Å². The molecular formula is C19H20F3N3O2. The van der Waals surface area contributed by atoms with Gasteiger partial charge in [-0.15, -0.1) is 0 Å². The number of hydrogen-bond acceptors (Lipinski definition) is 4. The number of nitriles is 1. The molecule has 8 heteroatoms. The van der Waals surface area contributed by atoms with Crippen LogP contribution in [0.15, 0.2) is 30.1 Å². The summed E-state index contributed by atoms with van der Waals surface area (Å²) < 4.78 is 38.3. The topological polar surface area (TPSA) is 74.1 Å². The monoisotopic (exact) mass is 379 g/mol. The standard InChI is InChI=1S/C19H20F3N3O2/c1-18(2)8-12(6-13(9-23)16(18)26)4-5-25(3)17(27)14-7-15(11-24-10-14)19(20,21)22/h6-7,10-12H,4-5,8H2,1-3H3. The number of Topliss-reactive ketones (excluding diaryl/α,β-unsaturated/α-hetero) is 1. The molecule has 1 aromatic rings. The summed E-state index contributed by atoms with van der Waals surface area (Å²) in [6, 6.07) is 2.69. The van der Waals surface area contributed by atoms with Crippen LogP contribution < -0.4 is 0 Å². The molecule has 0 saturated carbocycles. The summed E-state index contributed by atoms with van der Waals surface area (Å²) in [5, 5.41) is 9.11. The lowest BCUT2D eigenvalue weighted by Crippen LogP contribution is -2.34. The van der Waals surface area contributed by atoms with Gasteiger partial charge >= 0.3 is 6.18 Å². The Morgan fingerprint density at radius 2 is 2.07 bits per heavy atom. The lowest BCUT2D eigenvalue weighted by Gasteiger charge is -2.32. The molecule has 0 aliphatic heterocycles. The smallest absolute Gasteiger partial charge is 0.342 e. The fourth-order valence-electron chi connectivity index (χ4n) is 3.15. The van der Waals surface area contributed by atoms with Gasteiger partial charge in [0.15, 0.2) is 5.78 Å². The summed E-state index contributed by atoms with van der Waals surface area (Å²) in [6.07, 6.45) is -0.130. The maximum absolute atomic E-state index is 12.8. The summed E-state index contributed by atoms with van der Waals surface area (Å²) in [7, 11) is 1.50. The lowest BCUT2D eigenvalue weighted by atomic mass is 9.71. The van der Waals surface area contributed by atoms with E-state index in [9.17, 15) is 22.8 Å². The molecule has 5 nitrogen and oxygen atoms in total. The lowest BCUT2D eigenvalue weighted by molar-refractivity contribution is -0.137. The van der Waals surface area contributed by atoms with Crippen molar-refractivity contribution in [2.24, 2.45) is 11.3 Å². The predicted octanol–water partition coefficient (Wildman–Crippen LogP) is 3.63. The number of alkyl halides is 3. The molecule has 144 valence electrons. The highest BCUT2D eigenvalue weighted by atomic mass is 19.4. The average Bonchev–Trinajstić information content (AvgIpc) is 2.60. The Kier molecular flexibility index (Phi) is 5.73. The maximum Gasteiger partial charge on any atom is 0.417 e. The summed E-state index contributed by atoms with van der Waals surface area (Å²) in [6.45, 7) is 3.82. The summed E-state index contributed by atoms with van der Waals surface area (Å²) in [5.74, 6) is -0.827. The number of nitrogens with zero attached hydrogens (tertiary/aromatic N) is 3. The van der Waals surface area contributed by atoms with Crippen molar-refractivity contribution < 1.29 is 22.8 Å². The number of halogens is 3. The van der Waals surface area contributed by atoms with Crippen LogP contribution in [0.1, 0.15) is 42.6 Å². The van der Waals surface area contributed by atoms with E-state index < -0.39 is 23.1 Å². The molecule has 1 amide bonds. The number of rotatable bonds is 4. The van der Waals surface area contributed by atoms with E-state index >= 15 is 0 Å². The van der Waals surface area contributed by atoms with Gasteiger partial charge in [0.2, 0.25) is 0 Å². The number of amides is 1. The number of hydrogen-bond donors (Lipinski definition) is 0. The number of carbonyl (C=O) groups is 2. The van der Waals surface area contributed by atoms with Crippen LogP contribution in [0.2, 0.25) is 0 Å². The van der Waals surface area contributed by atoms with Crippen LogP contribution in [-0.4, -0.2) is 35.2 Å². The van der Waals surface area contributed by atoms with Gasteiger partial charge in [0.25, 0.3) is 5.91 Å². The minimum atomic E-state index is -4.57. The Hall–Kier alpha value is -2.69. The summed E-state index contributed by atoms with van der Waals surface area (Å²) >= 11 is 0. The fraction of sp³-hybridized carbons (Fsp3) is 0.474. The molecule has 1 aliphatic rings. The Morgan fingerprint density at radius 3 is 2.67 bits per heavy atom. The quantitative estimate of drug-likeness (QED) is 0.801. The first-order valence-electron chi connectivity index (χ1n) is 8.40. The molecule has 1 heterocycles. The van der Waals surface area contributed by atoms with Crippen molar-refractivity contribution in [1.29, 1.82) is 5.26 Å². The van der Waals surface area contributed by atoms with E-state index in [0.29, 0.717) is 19.0 Å². The van der Waals surface area contributed by atoms with Gasteiger partial charge < -0.3 is 4.90 Å². The third-order valence-corrected chi connectivity index (χ3v) is 4.65. The van der Waals surface area contributed by atoms with Gasteiger partial charge in [0.05, 0.1) is 16.7 Å². The molecule has 0 spiro atoms. The third-order valence-electron chi connectivity index (χ3n) is 4.65. The molecule has 1 unspecified atom stereocenters. The zero-order chi connectivity index (χ0) is 20.4. The van der Waals surface area contributed by atoms with Gasteiger partial charge in [0, 0.05) is 31.4 Å². The van der Waals surface area contributed by atoms with Crippen LogP contribution in [0.5, 0.6) is 0 Å². The van der Waals surface area contributed by atoms with Crippen molar-refractivity contribution >= 4 is 11.7 Å². The molecular weight excluding hydrogens is 359 g/mol. The highest BCUT2D eigenvalue weighted by Gasteiger charge is 2.37. The van der Waals surface area contributed by atoms with Crippen molar-refractivity contribution in [2.75, 3.05) is 13.6 Å². The number of allylic oxidation sites excluding steroid dienone is 2. The number of pyridine rings is 1.